The number of rotatable bonds is 1. The third-order valence-corrected chi connectivity index (χ3v) is 4.12. The lowest BCUT2D eigenvalue weighted by molar-refractivity contribution is 0.112. The predicted octanol–water partition coefficient (Wildman–Crippen LogP) is 3.05. The molecule has 0 saturated carbocycles. The molecule has 0 N–H and O–H groups in total. The highest BCUT2D eigenvalue weighted by atomic mass is 16.1. The zero-order valence-electron chi connectivity index (χ0n) is 11.1. The van der Waals surface area contributed by atoms with Gasteiger partial charge in [0.1, 0.15) is 6.29 Å². The van der Waals surface area contributed by atoms with E-state index in [1.54, 1.807) is 0 Å². The lowest BCUT2D eigenvalue weighted by atomic mass is 9.89. The molecule has 2 aliphatic rings. The monoisotopic (exact) mass is 258 g/mol. The average Bonchev–Trinajstić information content (AvgIpc) is 2.54. The summed E-state index contributed by atoms with van der Waals surface area (Å²) in [7, 11) is 0. The second-order valence-electron chi connectivity index (χ2n) is 5.26. The van der Waals surface area contributed by atoms with Crippen molar-refractivity contribution in [3.63, 3.8) is 0 Å². The minimum absolute atomic E-state index is 0.744. The third-order valence-electron chi connectivity index (χ3n) is 4.12. The number of fused-ring (bicyclic) bond motifs is 6. The van der Waals surface area contributed by atoms with Crippen LogP contribution in [0.4, 0.5) is 0 Å². The van der Waals surface area contributed by atoms with E-state index in [0.717, 1.165) is 24.7 Å². The van der Waals surface area contributed by atoms with Crippen LogP contribution in [0.15, 0.2) is 30.4 Å². The van der Waals surface area contributed by atoms with Gasteiger partial charge < -0.3 is 0 Å². The molecule has 0 aromatic heterocycles. The van der Waals surface area contributed by atoms with E-state index in [1.807, 2.05) is 12.1 Å². The van der Waals surface area contributed by atoms with Gasteiger partial charge in [0.25, 0.3) is 0 Å². The molecule has 2 aromatic rings. The highest BCUT2D eigenvalue weighted by Gasteiger charge is 2.11. The van der Waals surface area contributed by atoms with Gasteiger partial charge in [0.15, 0.2) is 0 Å². The Balaban J connectivity index is 2.30. The van der Waals surface area contributed by atoms with E-state index < -0.39 is 0 Å². The summed E-state index contributed by atoms with van der Waals surface area (Å²) in [4.78, 5) is 11.1. The first-order valence-electron chi connectivity index (χ1n) is 6.97. The second kappa shape index (κ2) is 4.31. The Bertz CT molecular complexity index is 911. The van der Waals surface area contributed by atoms with Gasteiger partial charge in [-0.2, -0.15) is 0 Å². The standard InChI is InChI=1S/C19H14O/c20-12-13-9-10-18-16-7-2-1-5-14(16)15-6-3-4-8-17(15)19(18)11-13/h1,3,5-12H,2,4H2. The lowest BCUT2D eigenvalue weighted by Gasteiger charge is -2.15. The van der Waals surface area contributed by atoms with Gasteiger partial charge in [-0.25, -0.2) is 0 Å². The first kappa shape index (κ1) is 11.4. The van der Waals surface area contributed by atoms with Crippen LogP contribution in [-0.4, -0.2) is 6.29 Å². The molecule has 20 heavy (non-hydrogen) atoms. The summed E-state index contributed by atoms with van der Waals surface area (Å²) >= 11 is 0. The molecule has 0 amide bonds. The summed E-state index contributed by atoms with van der Waals surface area (Å²) in [5.41, 5.74) is 3.34. The SMILES string of the molecule is O=Cc1ccc2c3c(c4c(c2c1)=CCC=C4)C=CCC=3. The lowest BCUT2D eigenvalue weighted by Crippen LogP contribution is -2.22. The molecule has 0 unspecified atom stereocenters. The summed E-state index contributed by atoms with van der Waals surface area (Å²) in [6.07, 6.45) is 16.2. The highest BCUT2D eigenvalue weighted by Crippen LogP contribution is 2.19. The molecule has 0 fully saturated rings. The van der Waals surface area contributed by atoms with Gasteiger partial charge in [0.2, 0.25) is 0 Å². The molecule has 4 rings (SSSR count). The fourth-order valence-electron chi connectivity index (χ4n) is 3.22. The Labute approximate surface area is 117 Å². The van der Waals surface area contributed by atoms with Gasteiger partial charge in [0.05, 0.1) is 0 Å². The van der Waals surface area contributed by atoms with Crippen LogP contribution in [0.25, 0.3) is 35.1 Å². The number of carbonyl (C=O) groups is 1. The van der Waals surface area contributed by atoms with Crippen LogP contribution in [0.1, 0.15) is 34.3 Å². The van der Waals surface area contributed by atoms with Crippen LogP contribution >= 0.6 is 0 Å². The molecule has 0 radical (unpaired) electrons. The largest absolute Gasteiger partial charge is 0.298 e. The number of aldehydes is 1. The topological polar surface area (TPSA) is 17.1 Å². The van der Waals surface area contributed by atoms with Gasteiger partial charge in [-0.1, -0.05) is 48.6 Å². The average molecular weight is 258 g/mol. The first-order valence-corrected chi connectivity index (χ1v) is 6.97. The Morgan fingerprint density at radius 2 is 1.50 bits per heavy atom. The molecule has 0 spiro atoms. The van der Waals surface area contributed by atoms with Crippen molar-refractivity contribution in [3.05, 3.63) is 57.5 Å². The number of carbonyl (C=O) groups excluding carboxylic acids is 1. The molecule has 96 valence electrons. The zero-order chi connectivity index (χ0) is 13.5. The van der Waals surface area contributed by atoms with E-state index in [4.69, 9.17) is 0 Å². The van der Waals surface area contributed by atoms with Crippen LogP contribution in [0.3, 0.4) is 0 Å². The Morgan fingerprint density at radius 1 is 0.850 bits per heavy atom. The molecule has 2 aliphatic carbocycles. The van der Waals surface area contributed by atoms with Crippen molar-refractivity contribution in [2.24, 2.45) is 0 Å². The van der Waals surface area contributed by atoms with E-state index in [2.05, 4.69) is 42.5 Å². The van der Waals surface area contributed by atoms with Crippen LogP contribution < -0.4 is 10.4 Å². The molecule has 2 aromatic carbocycles. The summed E-state index contributed by atoms with van der Waals surface area (Å²) in [6.45, 7) is 0. The van der Waals surface area contributed by atoms with Gasteiger partial charge in [0, 0.05) is 5.56 Å². The van der Waals surface area contributed by atoms with Crippen molar-refractivity contribution in [2.75, 3.05) is 0 Å². The fraction of sp³-hybridized carbons (Fsp3) is 0.105. The molecular formula is C19H14O. The summed E-state index contributed by atoms with van der Waals surface area (Å²) < 4.78 is 0. The van der Waals surface area contributed by atoms with Gasteiger partial charge in [-0.3, -0.25) is 4.79 Å². The number of hydrogen-bond acceptors (Lipinski definition) is 1. The maximum Gasteiger partial charge on any atom is 0.150 e. The second-order valence-corrected chi connectivity index (χ2v) is 5.26. The molecule has 1 nitrogen and oxygen atoms in total. The van der Waals surface area contributed by atoms with Crippen LogP contribution in [-0.2, 0) is 0 Å². The number of allylic oxidation sites excluding steroid dienone is 2. The zero-order valence-corrected chi connectivity index (χ0v) is 11.1. The van der Waals surface area contributed by atoms with Gasteiger partial charge in [-0.05, 0) is 51.2 Å². The minimum atomic E-state index is 0.744. The number of hydrogen-bond donors (Lipinski definition) is 0. The Kier molecular flexibility index (Phi) is 2.46. The van der Waals surface area contributed by atoms with E-state index in [-0.39, 0.29) is 0 Å². The van der Waals surface area contributed by atoms with E-state index >= 15 is 0 Å². The van der Waals surface area contributed by atoms with Crippen molar-refractivity contribution in [2.45, 2.75) is 12.8 Å². The summed E-state index contributed by atoms with van der Waals surface area (Å²) in [5, 5.41) is 5.02. The highest BCUT2D eigenvalue weighted by molar-refractivity contribution is 5.95. The quantitative estimate of drug-likeness (QED) is 0.718. The molecule has 0 bridgehead atoms. The van der Waals surface area contributed by atoms with E-state index in [0.29, 0.717) is 0 Å². The van der Waals surface area contributed by atoms with Crippen molar-refractivity contribution in [3.8, 4) is 0 Å². The van der Waals surface area contributed by atoms with Crippen molar-refractivity contribution >= 4 is 41.4 Å². The Hall–Kier alpha value is -2.41. The van der Waals surface area contributed by atoms with Gasteiger partial charge >= 0.3 is 0 Å². The maximum absolute atomic E-state index is 11.1. The molecule has 0 atom stereocenters. The van der Waals surface area contributed by atoms with Crippen molar-refractivity contribution in [1.82, 2.24) is 0 Å². The van der Waals surface area contributed by atoms with E-state index in [1.165, 1.54) is 32.3 Å². The summed E-state index contributed by atoms with van der Waals surface area (Å²) in [6, 6.07) is 6.01. The van der Waals surface area contributed by atoms with Crippen LogP contribution in [0.2, 0.25) is 0 Å². The normalized spacial score (nSPS) is 15.2. The van der Waals surface area contributed by atoms with Crippen LogP contribution in [0.5, 0.6) is 0 Å². The van der Waals surface area contributed by atoms with Crippen LogP contribution in [0, 0.1) is 0 Å². The Morgan fingerprint density at radius 3 is 2.15 bits per heavy atom. The number of benzene rings is 2. The first-order chi connectivity index (χ1) is 9.88. The predicted molar refractivity (Wildman–Crippen MR) is 84.8 cm³/mol. The molecule has 0 heterocycles. The maximum atomic E-state index is 11.1. The minimum Gasteiger partial charge on any atom is -0.298 e. The molecule has 1 heteroatoms. The molecule has 0 saturated heterocycles. The molecule has 0 aliphatic heterocycles. The van der Waals surface area contributed by atoms with Crippen molar-refractivity contribution < 1.29 is 4.79 Å². The molecular weight excluding hydrogens is 244 g/mol. The van der Waals surface area contributed by atoms with Gasteiger partial charge in [-0.15, -0.1) is 0 Å². The van der Waals surface area contributed by atoms with E-state index in [9.17, 15) is 4.79 Å². The van der Waals surface area contributed by atoms with Crippen molar-refractivity contribution in [1.29, 1.82) is 0 Å². The fourth-order valence-corrected chi connectivity index (χ4v) is 3.22. The third kappa shape index (κ3) is 1.53. The summed E-state index contributed by atoms with van der Waals surface area (Å²) in [5.74, 6) is 0. The smallest absolute Gasteiger partial charge is 0.150 e.